The van der Waals surface area contributed by atoms with Crippen molar-refractivity contribution in [3.8, 4) is 11.5 Å². The molecule has 1 saturated heterocycles. The average molecular weight is 444 g/mol. The average Bonchev–Trinajstić information content (AvgIpc) is 2.81. The molecule has 1 aliphatic heterocycles. The number of benzene rings is 2. The van der Waals surface area contributed by atoms with Crippen molar-refractivity contribution >= 4 is 31.9 Å². The molecular formula is C17H17FN2O7S2. The predicted molar refractivity (Wildman–Crippen MR) is 102 cm³/mol. The van der Waals surface area contributed by atoms with E-state index in [1.165, 1.54) is 0 Å². The summed E-state index contributed by atoms with van der Waals surface area (Å²) in [5, 5.41) is 10.2. The molecule has 12 heteroatoms. The normalized spacial score (nSPS) is 16.0. The highest BCUT2D eigenvalue weighted by molar-refractivity contribution is 7.92. The van der Waals surface area contributed by atoms with Crippen LogP contribution in [0.3, 0.4) is 0 Å². The standard InChI is InChI=1S/C17H17FN2O7S2/c1-10-4-3-5-12(17(10)27-28(2,23)24)6-11-7-13(18)16(14(21)8-11)20-9-15(22)19-29(20,25)26/h3-5,7-8,21H,6,9H2,1-2H3,(H,19,22). The van der Waals surface area contributed by atoms with Crippen molar-refractivity contribution in [2.75, 3.05) is 17.1 Å². The van der Waals surface area contributed by atoms with Gasteiger partial charge in [0.2, 0.25) is 0 Å². The minimum Gasteiger partial charge on any atom is -0.506 e. The molecule has 0 spiro atoms. The van der Waals surface area contributed by atoms with Crippen molar-refractivity contribution in [2.24, 2.45) is 0 Å². The van der Waals surface area contributed by atoms with Crippen LogP contribution in [0.1, 0.15) is 16.7 Å². The number of phenols is 1. The van der Waals surface area contributed by atoms with E-state index >= 15 is 0 Å². The zero-order valence-corrected chi connectivity index (χ0v) is 17.0. The summed E-state index contributed by atoms with van der Waals surface area (Å²) in [7, 11) is -8.09. The van der Waals surface area contributed by atoms with Crippen molar-refractivity contribution in [1.29, 1.82) is 0 Å². The Bertz CT molecular complexity index is 1190. The molecule has 0 saturated carbocycles. The molecule has 1 heterocycles. The van der Waals surface area contributed by atoms with Crippen LogP contribution in [0, 0.1) is 12.7 Å². The van der Waals surface area contributed by atoms with Crippen LogP contribution in [-0.2, 0) is 31.5 Å². The minimum absolute atomic E-state index is 0.00121. The Kier molecular flexibility index (Phi) is 5.17. The lowest BCUT2D eigenvalue weighted by Gasteiger charge is -2.18. The fraction of sp³-hybridized carbons (Fsp3) is 0.235. The molecule has 1 aliphatic rings. The largest absolute Gasteiger partial charge is 0.506 e. The van der Waals surface area contributed by atoms with Gasteiger partial charge < -0.3 is 9.29 Å². The highest BCUT2D eigenvalue weighted by atomic mass is 32.2. The summed E-state index contributed by atoms with van der Waals surface area (Å²) in [4.78, 5) is 11.4. The number of phenolic OH excluding ortho intramolecular Hbond substituents is 1. The van der Waals surface area contributed by atoms with Crippen LogP contribution < -0.4 is 13.2 Å². The minimum atomic E-state index is -4.29. The zero-order valence-electron chi connectivity index (χ0n) is 15.3. The molecule has 1 fully saturated rings. The molecule has 2 N–H and O–H groups in total. The molecule has 156 valence electrons. The van der Waals surface area contributed by atoms with E-state index in [2.05, 4.69) is 0 Å². The number of rotatable bonds is 5. The van der Waals surface area contributed by atoms with Crippen molar-refractivity contribution in [3.05, 3.63) is 52.8 Å². The fourth-order valence-electron chi connectivity index (χ4n) is 2.98. The summed E-state index contributed by atoms with van der Waals surface area (Å²) in [5.74, 6) is -2.50. The number of aryl methyl sites for hydroxylation is 1. The SMILES string of the molecule is Cc1cccc(Cc2cc(O)c(N3CC(=O)NS3(=O)=O)c(F)c2)c1OS(C)(=O)=O. The first-order valence-electron chi connectivity index (χ1n) is 8.20. The number of nitrogens with one attached hydrogen (secondary N) is 1. The summed E-state index contributed by atoms with van der Waals surface area (Å²) >= 11 is 0. The number of hydrogen-bond acceptors (Lipinski definition) is 7. The second-order valence-corrected chi connectivity index (χ2v) is 9.68. The van der Waals surface area contributed by atoms with E-state index in [1.807, 2.05) is 0 Å². The van der Waals surface area contributed by atoms with E-state index in [0.717, 1.165) is 18.4 Å². The molecule has 29 heavy (non-hydrogen) atoms. The summed E-state index contributed by atoms with van der Waals surface area (Å²) in [6.45, 7) is 0.990. The van der Waals surface area contributed by atoms with E-state index in [4.69, 9.17) is 4.18 Å². The lowest BCUT2D eigenvalue weighted by atomic mass is 10.0. The number of amides is 1. The Balaban J connectivity index is 2.00. The molecule has 2 aromatic carbocycles. The predicted octanol–water partition coefficient (Wildman–Crippen LogP) is 0.950. The van der Waals surface area contributed by atoms with Gasteiger partial charge in [-0.1, -0.05) is 18.2 Å². The quantitative estimate of drug-likeness (QED) is 0.657. The Hall–Kier alpha value is -2.86. The number of anilines is 1. The summed E-state index contributed by atoms with van der Waals surface area (Å²) in [5.41, 5.74) is 0.558. The van der Waals surface area contributed by atoms with Crippen LogP contribution in [-0.4, -0.2) is 40.6 Å². The molecular weight excluding hydrogens is 427 g/mol. The van der Waals surface area contributed by atoms with Crippen molar-refractivity contribution < 1.29 is 35.3 Å². The van der Waals surface area contributed by atoms with E-state index in [1.54, 1.807) is 29.8 Å². The molecule has 0 radical (unpaired) electrons. The van der Waals surface area contributed by atoms with Gasteiger partial charge in [0, 0.05) is 12.0 Å². The first-order valence-corrected chi connectivity index (χ1v) is 11.5. The number of carbonyl (C=O) groups excluding carboxylic acids is 1. The van der Waals surface area contributed by atoms with Gasteiger partial charge >= 0.3 is 20.3 Å². The van der Waals surface area contributed by atoms with Crippen LogP contribution in [0.25, 0.3) is 0 Å². The first-order chi connectivity index (χ1) is 13.4. The van der Waals surface area contributed by atoms with Crippen LogP contribution in [0.15, 0.2) is 30.3 Å². The molecule has 0 bridgehead atoms. The molecule has 0 aromatic heterocycles. The molecule has 3 rings (SSSR count). The number of para-hydroxylation sites is 1. The highest BCUT2D eigenvalue weighted by Gasteiger charge is 2.37. The van der Waals surface area contributed by atoms with Crippen LogP contribution >= 0.6 is 0 Å². The number of halogens is 1. The van der Waals surface area contributed by atoms with Gasteiger partial charge in [0.05, 0.1) is 6.26 Å². The van der Waals surface area contributed by atoms with E-state index in [9.17, 15) is 31.1 Å². The molecule has 0 aliphatic carbocycles. The Morgan fingerprint density at radius 2 is 2.00 bits per heavy atom. The lowest BCUT2D eigenvalue weighted by Crippen LogP contribution is -2.30. The summed E-state index contributed by atoms with van der Waals surface area (Å²) in [6, 6.07) is 7.04. The van der Waals surface area contributed by atoms with Crippen LogP contribution in [0.2, 0.25) is 0 Å². The van der Waals surface area contributed by atoms with Gasteiger partial charge in [-0.05, 0) is 30.2 Å². The van der Waals surface area contributed by atoms with Gasteiger partial charge in [0.15, 0.2) is 5.82 Å². The summed E-state index contributed by atoms with van der Waals surface area (Å²) < 4.78 is 68.7. The van der Waals surface area contributed by atoms with Gasteiger partial charge in [-0.2, -0.15) is 16.8 Å². The molecule has 1 amide bonds. The first kappa shape index (κ1) is 20.9. The number of nitrogens with zero attached hydrogens (tertiary/aromatic N) is 1. The maximum Gasteiger partial charge on any atom is 0.326 e. The molecule has 2 aromatic rings. The highest BCUT2D eigenvalue weighted by Crippen LogP contribution is 2.36. The monoisotopic (exact) mass is 444 g/mol. The number of aromatic hydroxyl groups is 1. The van der Waals surface area contributed by atoms with Crippen LogP contribution in [0.5, 0.6) is 11.5 Å². The number of hydrogen-bond donors (Lipinski definition) is 2. The number of carbonyl (C=O) groups is 1. The molecule has 0 atom stereocenters. The fourth-order valence-corrected chi connectivity index (χ4v) is 4.69. The Labute approximate surface area is 167 Å². The second-order valence-electron chi connectivity index (χ2n) is 6.51. The maximum absolute atomic E-state index is 14.7. The maximum atomic E-state index is 14.7. The third-order valence-electron chi connectivity index (χ3n) is 4.10. The topological polar surface area (TPSA) is 130 Å². The van der Waals surface area contributed by atoms with Gasteiger partial charge in [-0.25, -0.2) is 13.4 Å². The van der Waals surface area contributed by atoms with Gasteiger partial charge in [0.1, 0.15) is 23.7 Å². The van der Waals surface area contributed by atoms with E-state index in [0.29, 0.717) is 15.4 Å². The third kappa shape index (κ3) is 4.43. The van der Waals surface area contributed by atoms with Crippen molar-refractivity contribution in [3.63, 3.8) is 0 Å². The van der Waals surface area contributed by atoms with Gasteiger partial charge in [-0.15, -0.1) is 0 Å². The summed E-state index contributed by atoms with van der Waals surface area (Å²) in [6.07, 6.45) is 0.899. The Morgan fingerprint density at radius 1 is 1.31 bits per heavy atom. The van der Waals surface area contributed by atoms with E-state index < -0.39 is 50.0 Å². The van der Waals surface area contributed by atoms with Crippen LogP contribution in [0.4, 0.5) is 10.1 Å². The molecule has 9 nitrogen and oxygen atoms in total. The van der Waals surface area contributed by atoms with Crippen molar-refractivity contribution in [1.82, 2.24) is 4.72 Å². The zero-order chi connectivity index (χ0) is 21.6. The smallest absolute Gasteiger partial charge is 0.326 e. The van der Waals surface area contributed by atoms with Gasteiger partial charge in [-0.3, -0.25) is 4.79 Å². The third-order valence-corrected chi connectivity index (χ3v) is 5.94. The van der Waals surface area contributed by atoms with E-state index in [-0.39, 0.29) is 17.7 Å². The van der Waals surface area contributed by atoms with Crippen molar-refractivity contribution in [2.45, 2.75) is 13.3 Å². The Morgan fingerprint density at radius 3 is 2.55 bits per heavy atom. The second kappa shape index (κ2) is 7.19. The van der Waals surface area contributed by atoms with Gasteiger partial charge in [0.25, 0.3) is 5.91 Å². The lowest BCUT2D eigenvalue weighted by molar-refractivity contribution is -0.117. The molecule has 0 unspecified atom stereocenters.